The lowest BCUT2D eigenvalue weighted by Gasteiger charge is -2.10. The lowest BCUT2D eigenvalue weighted by atomic mass is 10.2. The fourth-order valence-corrected chi connectivity index (χ4v) is 2.09. The van der Waals surface area contributed by atoms with Gasteiger partial charge < -0.3 is 13.9 Å². The van der Waals surface area contributed by atoms with E-state index in [1.54, 1.807) is 31.2 Å². The smallest absolute Gasteiger partial charge is 0.338 e. The molecule has 2 amide bonds. The number of hydrogen-bond acceptors (Lipinski definition) is 7. The lowest BCUT2D eigenvalue weighted by Crippen LogP contribution is -2.49. The number of rotatable bonds is 7. The normalized spacial score (nSPS) is 10.2. The van der Waals surface area contributed by atoms with Gasteiger partial charge in [-0.15, -0.1) is 0 Å². The summed E-state index contributed by atoms with van der Waals surface area (Å²) in [6.45, 7) is 1.70. The number of hydrogen-bond donors (Lipinski definition) is 3. The fraction of sp³-hybridized carbons (Fsp3) is 0.158. The number of furan rings is 1. The van der Waals surface area contributed by atoms with E-state index in [4.69, 9.17) is 26.1 Å². The van der Waals surface area contributed by atoms with Gasteiger partial charge in [-0.1, -0.05) is 0 Å². The molecule has 0 bridgehead atoms. The minimum absolute atomic E-state index is 0.0914. The Labute approximate surface area is 172 Å². The van der Waals surface area contributed by atoms with E-state index in [1.165, 1.54) is 30.5 Å². The zero-order valence-corrected chi connectivity index (χ0v) is 16.3. The second-order valence-electron chi connectivity index (χ2n) is 5.37. The standard InChI is InChI=1S/C19H19N3O6S/c1-2-26-18(25)13-5-7-15(8-6-13)28-12-17(24)21-22-19(29)20-16(23)10-9-14-4-3-11-27-14/h3-11H,2,12H2,1H3,(H,21,24)(H2,20,22,23,29). The molecule has 3 N–H and O–H groups in total. The van der Waals surface area contributed by atoms with Crippen molar-refractivity contribution in [2.45, 2.75) is 6.92 Å². The van der Waals surface area contributed by atoms with E-state index in [1.807, 2.05) is 0 Å². The monoisotopic (exact) mass is 417 g/mol. The van der Waals surface area contributed by atoms with Gasteiger partial charge in [-0.3, -0.25) is 25.8 Å². The quantitative estimate of drug-likeness (QED) is 0.269. The van der Waals surface area contributed by atoms with Crippen molar-refractivity contribution in [1.82, 2.24) is 16.2 Å². The second-order valence-corrected chi connectivity index (χ2v) is 5.78. The van der Waals surface area contributed by atoms with Gasteiger partial charge in [0.15, 0.2) is 11.7 Å². The van der Waals surface area contributed by atoms with E-state index in [2.05, 4.69) is 16.2 Å². The molecule has 2 rings (SSSR count). The third kappa shape index (κ3) is 7.85. The van der Waals surface area contributed by atoms with E-state index in [9.17, 15) is 14.4 Å². The maximum Gasteiger partial charge on any atom is 0.338 e. The zero-order chi connectivity index (χ0) is 21.1. The van der Waals surface area contributed by atoms with E-state index in [0.29, 0.717) is 17.1 Å². The van der Waals surface area contributed by atoms with Crippen molar-refractivity contribution in [3.63, 3.8) is 0 Å². The van der Waals surface area contributed by atoms with Gasteiger partial charge in [0.2, 0.25) is 5.91 Å². The molecule has 10 heteroatoms. The van der Waals surface area contributed by atoms with Crippen LogP contribution >= 0.6 is 12.2 Å². The summed E-state index contributed by atoms with van der Waals surface area (Å²) >= 11 is 4.90. The molecule has 9 nitrogen and oxygen atoms in total. The number of benzene rings is 1. The van der Waals surface area contributed by atoms with Gasteiger partial charge in [0.1, 0.15) is 11.5 Å². The van der Waals surface area contributed by atoms with Crippen molar-refractivity contribution in [1.29, 1.82) is 0 Å². The molecule has 0 aliphatic carbocycles. The summed E-state index contributed by atoms with van der Waals surface area (Å²) in [7, 11) is 0. The van der Waals surface area contributed by atoms with Gasteiger partial charge in [0.25, 0.3) is 5.91 Å². The minimum atomic E-state index is -0.526. The maximum atomic E-state index is 11.8. The van der Waals surface area contributed by atoms with Crippen molar-refractivity contribution in [2.75, 3.05) is 13.2 Å². The van der Waals surface area contributed by atoms with Crippen LogP contribution in [-0.2, 0) is 14.3 Å². The molecule has 0 aliphatic heterocycles. The highest BCUT2D eigenvalue weighted by Gasteiger charge is 2.08. The third-order valence-corrected chi connectivity index (χ3v) is 3.43. The Kier molecular flexibility index (Phi) is 8.39. The molecule has 1 aromatic carbocycles. The number of hydrazine groups is 1. The Morgan fingerprint density at radius 1 is 1.14 bits per heavy atom. The molecule has 0 saturated carbocycles. The van der Waals surface area contributed by atoms with E-state index < -0.39 is 17.8 Å². The van der Waals surface area contributed by atoms with Crippen LogP contribution in [0.25, 0.3) is 6.08 Å². The summed E-state index contributed by atoms with van der Waals surface area (Å²) in [5, 5.41) is 2.26. The first-order valence-electron chi connectivity index (χ1n) is 8.49. The number of nitrogens with one attached hydrogen (secondary N) is 3. The molecule has 152 valence electrons. The number of amides is 2. The van der Waals surface area contributed by atoms with Crippen molar-refractivity contribution in [3.05, 3.63) is 60.1 Å². The van der Waals surface area contributed by atoms with Crippen molar-refractivity contribution in [3.8, 4) is 5.75 Å². The van der Waals surface area contributed by atoms with Gasteiger partial charge in [0.05, 0.1) is 18.4 Å². The van der Waals surface area contributed by atoms with Crippen LogP contribution in [0.3, 0.4) is 0 Å². The predicted molar refractivity (Wildman–Crippen MR) is 108 cm³/mol. The highest BCUT2D eigenvalue weighted by atomic mass is 32.1. The molecule has 29 heavy (non-hydrogen) atoms. The number of carbonyl (C=O) groups is 3. The van der Waals surface area contributed by atoms with Crippen molar-refractivity contribution < 1.29 is 28.3 Å². The van der Waals surface area contributed by atoms with Crippen LogP contribution in [-0.4, -0.2) is 36.1 Å². The lowest BCUT2D eigenvalue weighted by molar-refractivity contribution is -0.123. The van der Waals surface area contributed by atoms with Crippen LogP contribution in [0.1, 0.15) is 23.0 Å². The van der Waals surface area contributed by atoms with Gasteiger partial charge in [-0.2, -0.15) is 0 Å². The highest BCUT2D eigenvalue weighted by molar-refractivity contribution is 7.80. The zero-order valence-electron chi connectivity index (χ0n) is 15.5. The Hall–Kier alpha value is -3.66. The van der Waals surface area contributed by atoms with Crippen LogP contribution < -0.4 is 20.9 Å². The van der Waals surface area contributed by atoms with Crippen LogP contribution in [0.2, 0.25) is 0 Å². The molecule has 0 radical (unpaired) electrons. The predicted octanol–water partition coefficient (Wildman–Crippen LogP) is 1.57. The summed E-state index contributed by atoms with van der Waals surface area (Å²) in [5.41, 5.74) is 5.05. The molecule has 2 aromatic rings. The van der Waals surface area contributed by atoms with Crippen LogP contribution in [0.15, 0.2) is 53.2 Å². The second kappa shape index (κ2) is 11.2. The maximum absolute atomic E-state index is 11.8. The number of carbonyl (C=O) groups excluding carboxylic acids is 3. The first kappa shape index (κ1) is 21.6. The third-order valence-electron chi connectivity index (χ3n) is 3.23. The molecular formula is C19H19N3O6S. The SMILES string of the molecule is CCOC(=O)c1ccc(OCC(=O)NNC(=S)NC(=O)C=Cc2ccco2)cc1. The molecule has 0 fully saturated rings. The van der Waals surface area contributed by atoms with Crippen molar-refractivity contribution in [2.24, 2.45) is 0 Å². The van der Waals surface area contributed by atoms with Gasteiger partial charge in [-0.05, 0) is 61.6 Å². The molecule has 0 saturated heterocycles. The highest BCUT2D eigenvalue weighted by Crippen LogP contribution is 2.12. The molecule has 0 unspecified atom stereocenters. The number of esters is 1. The summed E-state index contributed by atoms with van der Waals surface area (Å²) in [4.78, 5) is 35.0. The number of ether oxygens (including phenoxy) is 2. The minimum Gasteiger partial charge on any atom is -0.484 e. The Morgan fingerprint density at radius 2 is 1.90 bits per heavy atom. The molecule has 0 aliphatic rings. The Morgan fingerprint density at radius 3 is 2.55 bits per heavy atom. The first-order chi connectivity index (χ1) is 14.0. The molecule has 0 spiro atoms. The Bertz CT molecular complexity index is 878. The topological polar surface area (TPSA) is 119 Å². The summed E-state index contributed by atoms with van der Waals surface area (Å²) < 4.78 is 15.2. The Balaban J connectivity index is 1.67. The summed E-state index contributed by atoms with van der Waals surface area (Å²) in [6.07, 6.45) is 4.19. The fourth-order valence-electron chi connectivity index (χ4n) is 1.94. The van der Waals surface area contributed by atoms with Gasteiger partial charge in [0, 0.05) is 6.08 Å². The summed E-state index contributed by atoms with van der Waals surface area (Å²) in [5.74, 6) is -0.546. The summed E-state index contributed by atoms with van der Waals surface area (Å²) in [6, 6.07) is 9.53. The van der Waals surface area contributed by atoms with Gasteiger partial charge in [-0.25, -0.2) is 4.79 Å². The van der Waals surface area contributed by atoms with Crippen LogP contribution in [0.4, 0.5) is 0 Å². The van der Waals surface area contributed by atoms with E-state index in [-0.39, 0.29) is 18.3 Å². The molecular weight excluding hydrogens is 398 g/mol. The average Bonchev–Trinajstić information content (AvgIpc) is 3.23. The average molecular weight is 417 g/mol. The van der Waals surface area contributed by atoms with Gasteiger partial charge >= 0.3 is 5.97 Å². The van der Waals surface area contributed by atoms with E-state index >= 15 is 0 Å². The largest absolute Gasteiger partial charge is 0.484 e. The van der Waals surface area contributed by atoms with Crippen molar-refractivity contribution >= 4 is 41.2 Å². The molecule has 0 atom stereocenters. The molecule has 1 aromatic heterocycles. The van der Waals surface area contributed by atoms with E-state index in [0.717, 1.165) is 0 Å². The molecule has 1 heterocycles. The first-order valence-corrected chi connectivity index (χ1v) is 8.90. The van der Waals surface area contributed by atoms with Crippen LogP contribution in [0.5, 0.6) is 5.75 Å². The van der Waals surface area contributed by atoms with Crippen LogP contribution in [0, 0.1) is 0 Å². The number of thiocarbonyl (C=S) groups is 1.